The van der Waals surface area contributed by atoms with Gasteiger partial charge in [-0.15, -0.1) is 0 Å². The first-order valence-electron chi connectivity index (χ1n) is 6.52. The molecule has 0 N–H and O–H groups in total. The Morgan fingerprint density at radius 2 is 1.42 bits per heavy atom. The monoisotopic (exact) mass is 256 g/mol. The fraction of sp³-hybridized carbons (Fsp3) is 0.353. The van der Waals surface area contributed by atoms with Crippen molar-refractivity contribution in [2.45, 2.75) is 34.6 Å². The van der Waals surface area contributed by atoms with Crippen molar-refractivity contribution in [3.05, 3.63) is 52.6 Å². The van der Waals surface area contributed by atoms with Crippen molar-refractivity contribution in [2.24, 2.45) is 5.41 Å². The van der Waals surface area contributed by atoms with Crippen LogP contribution in [0.25, 0.3) is 0 Å². The summed E-state index contributed by atoms with van der Waals surface area (Å²) in [5, 5.41) is 0. The molecule has 1 aliphatic carbocycles. The Morgan fingerprint density at radius 3 is 1.89 bits per heavy atom. The maximum absolute atomic E-state index is 12.6. The molecule has 0 fully saturated rings. The van der Waals surface area contributed by atoms with Crippen molar-refractivity contribution in [2.75, 3.05) is 0 Å². The van der Waals surface area contributed by atoms with E-state index in [1.165, 1.54) is 11.1 Å². The number of ether oxygens (including phenoxy) is 1. The molecule has 19 heavy (non-hydrogen) atoms. The number of hydrogen-bond acceptors (Lipinski definition) is 2. The van der Waals surface area contributed by atoms with Gasteiger partial charge >= 0.3 is 5.97 Å². The standard InChI is InChI=1S/C17H20O2/c1-11-12(2)14(4)17(5,13(11)3)16(18)19-15-9-7-6-8-10-15/h6-10H,1-5H3. The predicted molar refractivity (Wildman–Crippen MR) is 76.9 cm³/mol. The molecule has 1 aromatic carbocycles. The molecule has 0 aromatic heterocycles. The van der Waals surface area contributed by atoms with E-state index in [4.69, 9.17) is 4.74 Å². The molecule has 2 heteroatoms. The van der Waals surface area contributed by atoms with Gasteiger partial charge in [-0.05, 0) is 69.0 Å². The third-order valence-corrected chi connectivity index (χ3v) is 4.55. The van der Waals surface area contributed by atoms with Crippen molar-refractivity contribution in [1.82, 2.24) is 0 Å². The van der Waals surface area contributed by atoms with Gasteiger partial charge in [0, 0.05) is 0 Å². The van der Waals surface area contributed by atoms with Crippen LogP contribution in [0.2, 0.25) is 0 Å². The first-order chi connectivity index (χ1) is 8.89. The third kappa shape index (κ3) is 2.01. The lowest BCUT2D eigenvalue weighted by molar-refractivity contribution is -0.140. The number of benzene rings is 1. The van der Waals surface area contributed by atoms with Crippen LogP contribution in [0.4, 0.5) is 0 Å². The van der Waals surface area contributed by atoms with E-state index in [2.05, 4.69) is 13.8 Å². The topological polar surface area (TPSA) is 26.3 Å². The Balaban J connectivity index is 2.34. The lowest BCUT2D eigenvalue weighted by atomic mass is 9.79. The number of carbonyl (C=O) groups is 1. The van der Waals surface area contributed by atoms with E-state index in [1.807, 2.05) is 39.0 Å². The Bertz CT molecular complexity index is 553. The van der Waals surface area contributed by atoms with E-state index in [0.29, 0.717) is 5.75 Å². The van der Waals surface area contributed by atoms with Crippen LogP contribution in [0.3, 0.4) is 0 Å². The number of allylic oxidation sites excluding steroid dienone is 2. The molecule has 100 valence electrons. The minimum Gasteiger partial charge on any atom is -0.426 e. The van der Waals surface area contributed by atoms with E-state index in [1.54, 1.807) is 12.1 Å². The summed E-state index contributed by atoms with van der Waals surface area (Å²) < 4.78 is 5.53. The molecule has 0 aliphatic heterocycles. The molecule has 0 bridgehead atoms. The Hall–Kier alpha value is -1.83. The normalized spacial score (nSPS) is 17.9. The molecular formula is C17H20O2. The van der Waals surface area contributed by atoms with Crippen LogP contribution in [0.1, 0.15) is 34.6 Å². The number of hydrogen-bond donors (Lipinski definition) is 0. The van der Waals surface area contributed by atoms with Gasteiger partial charge in [-0.25, -0.2) is 0 Å². The van der Waals surface area contributed by atoms with Gasteiger partial charge in [0.05, 0.1) is 0 Å². The maximum Gasteiger partial charge on any atom is 0.325 e. The summed E-state index contributed by atoms with van der Waals surface area (Å²) in [6, 6.07) is 9.23. The molecule has 0 heterocycles. The Morgan fingerprint density at radius 1 is 0.947 bits per heavy atom. The van der Waals surface area contributed by atoms with Crippen LogP contribution in [-0.2, 0) is 4.79 Å². The lowest BCUT2D eigenvalue weighted by Crippen LogP contribution is -2.33. The van der Waals surface area contributed by atoms with Crippen LogP contribution in [0.5, 0.6) is 5.75 Å². The lowest BCUT2D eigenvalue weighted by Gasteiger charge is -2.26. The van der Waals surface area contributed by atoms with Crippen LogP contribution in [0, 0.1) is 5.41 Å². The van der Waals surface area contributed by atoms with Crippen molar-refractivity contribution >= 4 is 5.97 Å². The molecule has 0 saturated carbocycles. The summed E-state index contributed by atoms with van der Waals surface area (Å²) in [6.07, 6.45) is 0. The first-order valence-corrected chi connectivity index (χ1v) is 6.52. The largest absolute Gasteiger partial charge is 0.426 e. The molecular weight excluding hydrogens is 236 g/mol. The summed E-state index contributed by atoms with van der Waals surface area (Å²) in [5.41, 5.74) is 3.94. The molecule has 2 nitrogen and oxygen atoms in total. The van der Waals surface area contributed by atoms with Gasteiger partial charge in [-0.1, -0.05) is 18.2 Å². The zero-order chi connectivity index (χ0) is 14.2. The summed E-state index contributed by atoms with van der Waals surface area (Å²) in [6.45, 7) is 10.1. The number of rotatable bonds is 2. The highest BCUT2D eigenvalue weighted by molar-refractivity contribution is 5.88. The summed E-state index contributed by atoms with van der Waals surface area (Å²) in [5.74, 6) is 0.390. The van der Waals surface area contributed by atoms with Crippen LogP contribution in [0.15, 0.2) is 52.6 Å². The van der Waals surface area contributed by atoms with E-state index in [0.717, 1.165) is 11.1 Å². The molecule has 0 atom stereocenters. The van der Waals surface area contributed by atoms with Crippen molar-refractivity contribution in [3.63, 3.8) is 0 Å². The van der Waals surface area contributed by atoms with E-state index >= 15 is 0 Å². The van der Waals surface area contributed by atoms with Crippen molar-refractivity contribution in [3.8, 4) is 5.75 Å². The Labute approximate surface area is 114 Å². The molecule has 0 spiro atoms. The average Bonchev–Trinajstić information content (AvgIpc) is 2.57. The van der Waals surface area contributed by atoms with Crippen molar-refractivity contribution < 1.29 is 9.53 Å². The minimum atomic E-state index is -0.635. The maximum atomic E-state index is 12.6. The average molecular weight is 256 g/mol. The number of esters is 1. The highest BCUT2D eigenvalue weighted by Gasteiger charge is 2.44. The quantitative estimate of drug-likeness (QED) is 0.583. The minimum absolute atomic E-state index is 0.204. The molecule has 0 saturated heterocycles. The van der Waals surface area contributed by atoms with E-state index < -0.39 is 5.41 Å². The number of carbonyl (C=O) groups excluding carboxylic acids is 1. The fourth-order valence-electron chi connectivity index (χ4n) is 2.60. The van der Waals surface area contributed by atoms with Crippen LogP contribution >= 0.6 is 0 Å². The predicted octanol–water partition coefficient (Wildman–Crippen LogP) is 4.28. The van der Waals surface area contributed by atoms with Crippen molar-refractivity contribution in [1.29, 1.82) is 0 Å². The van der Waals surface area contributed by atoms with Crippen LogP contribution < -0.4 is 4.74 Å². The second-order valence-electron chi connectivity index (χ2n) is 5.33. The highest BCUT2D eigenvalue weighted by atomic mass is 16.5. The summed E-state index contributed by atoms with van der Waals surface area (Å²) in [7, 11) is 0. The molecule has 2 rings (SSSR count). The van der Waals surface area contributed by atoms with Gasteiger partial charge < -0.3 is 4.74 Å². The first kappa shape index (κ1) is 13.6. The zero-order valence-electron chi connectivity index (χ0n) is 12.2. The molecule has 0 radical (unpaired) electrons. The van der Waals surface area contributed by atoms with E-state index in [-0.39, 0.29) is 5.97 Å². The van der Waals surface area contributed by atoms with Gasteiger partial charge in [0.15, 0.2) is 0 Å². The molecule has 1 aromatic rings. The second kappa shape index (κ2) is 4.69. The fourth-order valence-corrected chi connectivity index (χ4v) is 2.60. The number of para-hydroxylation sites is 1. The summed E-state index contributed by atoms with van der Waals surface area (Å²) >= 11 is 0. The Kier molecular flexibility index (Phi) is 3.36. The third-order valence-electron chi connectivity index (χ3n) is 4.55. The molecule has 1 aliphatic rings. The van der Waals surface area contributed by atoms with Gasteiger partial charge in [-0.3, -0.25) is 4.79 Å². The van der Waals surface area contributed by atoms with Gasteiger partial charge in [-0.2, -0.15) is 0 Å². The smallest absolute Gasteiger partial charge is 0.325 e. The van der Waals surface area contributed by atoms with Crippen LogP contribution in [-0.4, -0.2) is 5.97 Å². The molecule has 0 unspecified atom stereocenters. The highest BCUT2D eigenvalue weighted by Crippen LogP contribution is 2.47. The SMILES string of the molecule is CC1=C(C)C(C)(C(=O)Oc2ccccc2)C(C)=C1C. The van der Waals surface area contributed by atoms with Gasteiger partial charge in [0.1, 0.15) is 11.2 Å². The van der Waals surface area contributed by atoms with Gasteiger partial charge in [0.25, 0.3) is 0 Å². The summed E-state index contributed by atoms with van der Waals surface area (Å²) in [4.78, 5) is 12.6. The van der Waals surface area contributed by atoms with E-state index in [9.17, 15) is 4.79 Å². The van der Waals surface area contributed by atoms with Gasteiger partial charge in [0.2, 0.25) is 0 Å². The second-order valence-corrected chi connectivity index (χ2v) is 5.33. The molecule has 0 amide bonds. The zero-order valence-corrected chi connectivity index (χ0v) is 12.2.